The number of carbonyl (C=O) groups is 2. The number of amides is 2. The lowest BCUT2D eigenvalue weighted by Crippen LogP contribution is -2.48. The molecule has 1 aliphatic rings. The van der Waals surface area contributed by atoms with E-state index in [1.54, 1.807) is 6.92 Å². The predicted octanol–water partition coefficient (Wildman–Crippen LogP) is 1.02. The Kier molecular flexibility index (Phi) is 4.39. The van der Waals surface area contributed by atoms with E-state index in [2.05, 4.69) is 12.2 Å². The van der Waals surface area contributed by atoms with Crippen molar-refractivity contribution in [2.24, 2.45) is 0 Å². The molecule has 108 valence electrons. The normalized spacial score (nSPS) is 19.1. The monoisotopic (exact) mass is 276 g/mol. The molecule has 0 spiro atoms. The van der Waals surface area contributed by atoms with Crippen LogP contribution in [0.25, 0.3) is 0 Å². The average Bonchev–Trinajstić information content (AvgIpc) is 2.47. The molecule has 2 atom stereocenters. The van der Waals surface area contributed by atoms with E-state index in [1.807, 2.05) is 24.3 Å². The molecule has 1 aromatic carbocycles. The maximum Gasteiger partial charge on any atom is 0.316 e. The van der Waals surface area contributed by atoms with Crippen molar-refractivity contribution in [2.75, 3.05) is 18.1 Å². The zero-order valence-corrected chi connectivity index (χ0v) is 11.8. The second-order valence-corrected chi connectivity index (χ2v) is 5.26. The van der Waals surface area contributed by atoms with Gasteiger partial charge in [-0.3, -0.25) is 9.59 Å². The SMILES string of the molecule is CC(CO)NC(=O)C(=O)N1CCC(C)c2ccccc21. The molecule has 5 nitrogen and oxygen atoms in total. The van der Waals surface area contributed by atoms with E-state index in [-0.39, 0.29) is 6.61 Å². The van der Waals surface area contributed by atoms with Crippen molar-refractivity contribution in [3.8, 4) is 0 Å². The number of rotatable bonds is 2. The molecule has 2 unspecified atom stereocenters. The second kappa shape index (κ2) is 6.05. The maximum atomic E-state index is 12.3. The van der Waals surface area contributed by atoms with Gasteiger partial charge in [-0.1, -0.05) is 25.1 Å². The standard InChI is InChI=1S/C15H20N2O3/c1-10-7-8-17(13-6-4-3-5-12(10)13)15(20)14(19)16-11(2)9-18/h3-6,10-11,18H,7-9H2,1-2H3,(H,16,19). The molecule has 1 aromatic rings. The summed E-state index contributed by atoms with van der Waals surface area (Å²) in [5, 5.41) is 11.4. The smallest absolute Gasteiger partial charge is 0.316 e. The number of aliphatic hydroxyl groups is 1. The van der Waals surface area contributed by atoms with Crippen molar-refractivity contribution >= 4 is 17.5 Å². The molecule has 0 saturated carbocycles. The van der Waals surface area contributed by atoms with E-state index in [1.165, 1.54) is 4.90 Å². The van der Waals surface area contributed by atoms with Gasteiger partial charge in [-0.15, -0.1) is 0 Å². The zero-order chi connectivity index (χ0) is 14.7. The van der Waals surface area contributed by atoms with Crippen LogP contribution in [-0.2, 0) is 9.59 Å². The second-order valence-electron chi connectivity index (χ2n) is 5.26. The number of nitrogens with one attached hydrogen (secondary N) is 1. The summed E-state index contributed by atoms with van der Waals surface area (Å²) in [7, 11) is 0. The number of para-hydroxylation sites is 1. The van der Waals surface area contributed by atoms with Gasteiger partial charge < -0.3 is 15.3 Å². The van der Waals surface area contributed by atoms with Gasteiger partial charge in [-0.05, 0) is 30.9 Å². The Labute approximate surface area is 118 Å². The Morgan fingerprint density at radius 3 is 2.85 bits per heavy atom. The van der Waals surface area contributed by atoms with Crippen LogP contribution in [0.4, 0.5) is 5.69 Å². The molecule has 0 radical (unpaired) electrons. The summed E-state index contributed by atoms with van der Waals surface area (Å²) in [5.41, 5.74) is 1.90. The largest absolute Gasteiger partial charge is 0.394 e. The Hall–Kier alpha value is -1.88. The van der Waals surface area contributed by atoms with Crippen molar-refractivity contribution in [3.63, 3.8) is 0 Å². The summed E-state index contributed by atoms with van der Waals surface area (Å²) >= 11 is 0. The zero-order valence-electron chi connectivity index (χ0n) is 11.8. The van der Waals surface area contributed by atoms with Crippen molar-refractivity contribution in [1.29, 1.82) is 0 Å². The number of fused-ring (bicyclic) bond motifs is 1. The van der Waals surface area contributed by atoms with Crippen molar-refractivity contribution < 1.29 is 14.7 Å². The fraction of sp³-hybridized carbons (Fsp3) is 0.467. The molecule has 2 amide bonds. The van der Waals surface area contributed by atoms with Gasteiger partial charge >= 0.3 is 11.8 Å². The summed E-state index contributed by atoms with van der Waals surface area (Å²) in [6.07, 6.45) is 0.839. The van der Waals surface area contributed by atoms with Crippen LogP contribution in [0.5, 0.6) is 0 Å². The highest BCUT2D eigenvalue weighted by atomic mass is 16.3. The van der Waals surface area contributed by atoms with Crippen LogP contribution in [-0.4, -0.2) is 36.1 Å². The topological polar surface area (TPSA) is 69.6 Å². The molecule has 1 heterocycles. The number of carbonyl (C=O) groups excluding carboxylic acids is 2. The Balaban J connectivity index is 2.20. The first kappa shape index (κ1) is 14.5. The Bertz CT molecular complexity index is 516. The number of hydrogen-bond acceptors (Lipinski definition) is 3. The van der Waals surface area contributed by atoms with Gasteiger partial charge in [0, 0.05) is 18.3 Å². The van der Waals surface area contributed by atoms with E-state index in [4.69, 9.17) is 5.11 Å². The molecular weight excluding hydrogens is 256 g/mol. The van der Waals surface area contributed by atoms with E-state index in [9.17, 15) is 9.59 Å². The van der Waals surface area contributed by atoms with Gasteiger partial charge in [0.2, 0.25) is 0 Å². The van der Waals surface area contributed by atoms with Crippen LogP contribution in [0, 0.1) is 0 Å². The number of hydrogen-bond donors (Lipinski definition) is 2. The molecule has 0 bridgehead atoms. The highest BCUT2D eigenvalue weighted by Gasteiger charge is 2.30. The van der Waals surface area contributed by atoms with Gasteiger partial charge in [-0.25, -0.2) is 0 Å². The van der Waals surface area contributed by atoms with Crippen molar-refractivity contribution in [3.05, 3.63) is 29.8 Å². The number of nitrogens with zero attached hydrogens (tertiary/aromatic N) is 1. The number of benzene rings is 1. The van der Waals surface area contributed by atoms with Crippen LogP contribution in [0.3, 0.4) is 0 Å². The van der Waals surface area contributed by atoms with Gasteiger partial charge in [0.1, 0.15) is 0 Å². The van der Waals surface area contributed by atoms with Crippen LogP contribution in [0.1, 0.15) is 31.7 Å². The quantitative estimate of drug-likeness (QED) is 0.792. The van der Waals surface area contributed by atoms with Gasteiger partial charge in [0.25, 0.3) is 0 Å². The maximum absolute atomic E-state index is 12.3. The summed E-state index contributed by atoms with van der Waals surface area (Å²) in [5.74, 6) is -0.852. The molecule has 0 fully saturated rings. The highest BCUT2D eigenvalue weighted by Crippen LogP contribution is 2.34. The predicted molar refractivity (Wildman–Crippen MR) is 76.5 cm³/mol. The third-order valence-corrected chi connectivity index (χ3v) is 3.63. The lowest BCUT2D eigenvalue weighted by molar-refractivity contribution is -0.138. The molecule has 0 saturated heterocycles. The Morgan fingerprint density at radius 1 is 1.45 bits per heavy atom. The fourth-order valence-corrected chi connectivity index (χ4v) is 2.41. The van der Waals surface area contributed by atoms with Crippen LogP contribution in [0.2, 0.25) is 0 Å². The van der Waals surface area contributed by atoms with Gasteiger partial charge in [-0.2, -0.15) is 0 Å². The average molecular weight is 276 g/mol. The molecule has 0 aromatic heterocycles. The molecule has 2 rings (SSSR count). The molecular formula is C15H20N2O3. The van der Waals surface area contributed by atoms with Crippen molar-refractivity contribution in [2.45, 2.75) is 32.2 Å². The van der Waals surface area contributed by atoms with Crippen LogP contribution < -0.4 is 10.2 Å². The molecule has 0 aliphatic carbocycles. The summed E-state index contributed by atoms with van der Waals surface area (Å²) in [4.78, 5) is 25.7. The van der Waals surface area contributed by atoms with Crippen LogP contribution in [0.15, 0.2) is 24.3 Å². The fourth-order valence-electron chi connectivity index (χ4n) is 2.41. The van der Waals surface area contributed by atoms with Gasteiger partial charge in [0.05, 0.1) is 6.61 Å². The highest BCUT2D eigenvalue weighted by molar-refractivity contribution is 6.40. The number of aliphatic hydroxyl groups excluding tert-OH is 1. The third-order valence-electron chi connectivity index (χ3n) is 3.63. The van der Waals surface area contributed by atoms with Crippen molar-refractivity contribution in [1.82, 2.24) is 5.32 Å². The van der Waals surface area contributed by atoms with E-state index >= 15 is 0 Å². The molecule has 1 aliphatic heterocycles. The summed E-state index contributed by atoms with van der Waals surface area (Å²) in [6, 6.07) is 7.24. The van der Waals surface area contributed by atoms with E-state index in [0.29, 0.717) is 12.5 Å². The first-order valence-electron chi connectivity index (χ1n) is 6.86. The Morgan fingerprint density at radius 2 is 2.15 bits per heavy atom. The minimum Gasteiger partial charge on any atom is -0.394 e. The summed E-state index contributed by atoms with van der Waals surface area (Å²) in [6.45, 7) is 4.12. The van der Waals surface area contributed by atoms with E-state index in [0.717, 1.165) is 17.7 Å². The molecule has 5 heteroatoms. The van der Waals surface area contributed by atoms with E-state index < -0.39 is 17.9 Å². The summed E-state index contributed by atoms with van der Waals surface area (Å²) < 4.78 is 0. The van der Waals surface area contributed by atoms with Gasteiger partial charge in [0.15, 0.2) is 0 Å². The first-order valence-corrected chi connectivity index (χ1v) is 6.86. The minimum absolute atomic E-state index is 0.188. The molecule has 2 N–H and O–H groups in total. The minimum atomic E-state index is -0.670. The number of anilines is 1. The third kappa shape index (κ3) is 2.82. The lowest BCUT2D eigenvalue weighted by atomic mass is 9.91. The van der Waals surface area contributed by atoms with Crippen LogP contribution >= 0.6 is 0 Å². The lowest BCUT2D eigenvalue weighted by Gasteiger charge is -2.32. The first-order chi connectivity index (χ1) is 9.54. The molecule has 20 heavy (non-hydrogen) atoms.